The molecule has 2 heterocycles. The summed E-state index contributed by atoms with van der Waals surface area (Å²) in [6.45, 7) is 8.45. The minimum absolute atomic E-state index is 0.0692. The summed E-state index contributed by atoms with van der Waals surface area (Å²) < 4.78 is 10.8. The molecule has 8 heteroatoms. The van der Waals surface area contributed by atoms with Crippen LogP contribution in [-0.2, 0) is 4.74 Å². The number of carboxylic acid groups (broad SMARTS) is 1. The van der Waals surface area contributed by atoms with Gasteiger partial charge in [0.15, 0.2) is 0 Å². The van der Waals surface area contributed by atoms with E-state index in [1.165, 1.54) is 12.3 Å². The Kier molecular flexibility index (Phi) is 4.45. The lowest BCUT2D eigenvalue weighted by Gasteiger charge is -2.41. The first kappa shape index (κ1) is 18.0. The number of aromatic nitrogens is 1. The van der Waals surface area contributed by atoms with E-state index in [-0.39, 0.29) is 17.0 Å². The quantitative estimate of drug-likeness (QED) is 0.753. The fourth-order valence-electron chi connectivity index (χ4n) is 2.37. The van der Waals surface area contributed by atoms with Gasteiger partial charge in [0.25, 0.3) is 0 Å². The Morgan fingerprint density at radius 3 is 2.54 bits per heavy atom. The number of fused-ring (bicyclic) bond motifs is 1. The lowest BCUT2D eigenvalue weighted by molar-refractivity contribution is -0.0681. The molecule has 0 aliphatic carbocycles. The highest BCUT2D eigenvalue weighted by molar-refractivity contribution is 5.87. The first-order chi connectivity index (χ1) is 10.9. The minimum atomic E-state index is -1.17. The number of carbonyl (C=O) groups excluding carboxylic acids is 1. The molecule has 2 atom stereocenters. The first-order valence-electron chi connectivity index (χ1n) is 7.50. The van der Waals surface area contributed by atoms with Gasteiger partial charge in [-0.05, 0) is 40.7 Å². The van der Waals surface area contributed by atoms with Crippen molar-refractivity contribution in [2.24, 2.45) is 0 Å². The molecule has 0 radical (unpaired) electrons. The maximum atomic E-state index is 12.1. The van der Waals surface area contributed by atoms with Crippen molar-refractivity contribution in [1.29, 1.82) is 0 Å². The van der Waals surface area contributed by atoms with Gasteiger partial charge >= 0.3 is 12.1 Å². The molecule has 0 saturated carbocycles. The van der Waals surface area contributed by atoms with Gasteiger partial charge in [0.2, 0.25) is 5.88 Å². The van der Waals surface area contributed by atoms with Crippen molar-refractivity contribution < 1.29 is 29.3 Å². The third-order valence-electron chi connectivity index (χ3n) is 3.52. The number of ether oxygens (including phenoxy) is 2. The molecule has 2 unspecified atom stereocenters. The number of carbonyl (C=O) groups is 2. The van der Waals surface area contributed by atoms with E-state index in [1.807, 2.05) is 0 Å². The molecule has 1 aromatic rings. The topological polar surface area (TPSA) is 118 Å². The Morgan fingerprint density at radius 2 is 2.00 bits per heavy atom. The molecule has 24 heavy (non-hydrogen) atoms. The molecule has 0 spiro atoms. The molecule has 1 aliphatic heterocycles. The standard InChI is InChI=1S/C16H22N2O6/c1-15(2,3)24-14(22)18-10-9-6-8(13(20)21)7-17-12(9)23-16(4,5)11(10)19/h6-7,10-11,19H,1-5H3,(H,18,22)(H,20,21). The zero-order valence-corrected chi connectivity index (χ0v) is 14.3. The number of carboxylic acids is 1. The SMILES string of the molecule is CC(C)(C)OC(=O)NC1c2cc(C(=O)O)cnc2OC(C)(C)C1O. The number of nitrogens with one attached hydrogen (secondary N) is 1. The van der Waals surface area contributed by atoms with Gasteiger partial charge in [-0.1, -0.05) is 0 Å². The van der Waals surface area contributed by atoms with Gasteiger partial charge < -0.3 is 25.0 Å². The van der Waals surface area contributed by atoms with Crippen LogP contribution < -0.4 is 10.1 Å². The van der Waals surface area contributed by atoms with E-state index in [2.05, 4.69) is 10.3 Å². The zero-order chi connectivity index (χ0) is 18.3. The molecule has 3 N–H and O–H groups in total. The van der Waals surface area contributed by atoms with Crippen LogP contribution in [-0.4, -0.2) is 44.6 Å². The molecular formula is C16H22N2O6. The molecule has 1 aromatic heterocycles. The van der Waals surface area contributed by atoms with E-state index >= 15 is 0 Å². The second kappa shape index (κ2) is 5.94. The Morgan fingerprint density at radius 1 is 1.38 bits per heavy atom. The molecular weight excluding hydrogens is 316 g/mol. The Balaban J connectivity index is 2.39. The highest BCUT2D eigenvalue weighted by Gasteiger charge is 2.45. The summed E-state index contributed by atoms with van der Waals surface area (Å²) in [5.74, 6) is -1.00. The van der Waals surface area contributed by atoms with E-state index in [0.29, 0.717) is 0 Å². The fourth-order valence-corrected chi connectivity index (χ4v) is 2.37. The zero-order valence-electron chi connectivity index (χ0n) is 14.3. The summed E-state index contributed by atoms with van der Waals surface area (Å²) >= 11 is 0. The highest BCUT2D eigenvalue weighted by Crippen LogP contribution is 2.39. The van der Waals surface area contributed by atoms with Crippen LogP contribution in [0.5, 0.6) is 5.88 Å². The molecule has 0 bridgehead atoms. The summed E-state index contributed by atoms with van der Waals surface area (Å²) in [6.07, 6.45) is -0.682. The number of nitrogens with zero attached hydrogens (tertiary/aromatic N) is 1. The van der Waals surface area contributed by atoms with E-state index in [9.17, 15) is 14.7 Å². The molecule has 1 aliphatic rings. The van der Waals surface area contributed by atoms with Crippen molar-refractivity contribution in [3.05, 3.63) is 23.4 Å². The maximum absolute atomic E-state index is 12.1. The molecule has 0 saturated heterocycles. The predicted molar refractivity (Wildman–Crippen MR) is 84.0 cm³/mol. The van der Waals surface area contributed by atoms with Crippen LogP contribution in [0, 0.1) is 0 Å². The summed E-state index contributed by atoms with van der Waals surface area (Å²) in [5.41, 5.74) is -1.52. The molecule has 0 aromatic carbocycles. The van der Waals surface area contributed by atoms with Gasteiger partial charge in [-0.2, -0.15) is 0 Å². The van der Waals surface area contributed by atoms with Gasteiger partial charge in [-0.25, -0.2) is 14.6 Å². The van der Waals surface area contributed by atoms with E-state index in [1.54, 1.807) is 34.6 Å². The van der Waals surface area contributed by atoms with Crippen LogP contribution in [0.15, 0.2) is 12.3 Å². The monoisotopic (exact) mass is 338 g/mol. The maximum Gasteiger partial charge on any atom is 0.408 e. The van der Waals surface area contributed by atoms with Crippen molar-refractivity contribution >= 4 is 12.1 Å². The van der Waals surface area contributed by atoms with Crippen molar-refractivity contribution in [3.63, 3.8) is 0 Å². The number of rotatable bonds is 2. The van der Waals surface area contributed by atoms with Gasteiger partial charge in [0.1, 0.15) is 17.3 Å². The van der Waals surface area contributed by atoms with Gasteiger partial charge in [0.05, 0.1) is 11.6 Å². The second-order valence-electron chi connectivity index (χ2n) is 7.20. The van der Waals surface area contributed by atoms with Crippen LogP contribution >= 0.6 is 0 Å². The lowest BCUT2D eigenvalue weighted by atomic mass is 9.87. The number of hydrogen-bond acceptors (Lipinski definition) is 6. The largest absolute Gasteiger partial charge is 0.478 e. The normalized spacial score (nSPS) is 22.1. The van der Waals surface area contributed by atoms with Crippen LogP contribution in [0.25, 0.3) is 0 Å². The first-order valence-corrected chi connectivity index (χ1v) is 7.50. The van der Waals surface area contributed by atoms with Crippen LogP contribution in [0.4, 0.5) is 4.79 Å². The lowest BCUT2D eigenvalue weighted by Crippen LogP contribution is -2.54. The number of alkyl carbamates (subject to hydrolysis) is 1. The molecule has 8 nitrogen and oxygen atoms in total. The molecule has 0 fully saturated rings. The van der Waals surface area contributed by atoms with E-state index in [4.69, 9.17) is 14.6 Å². The average Bonchev–Trinajstić information content (AvgIpc) is 2.41. The summed E-state index contributed by atoms with van der Waals surface area (Å²) in [5, 5.41) is 22.2. The van der Waals surface area contributed by atoms with Gasteiger partial charge in [0, 0.05) is 11.8 Å². The second-order valence-corrected chi connectivity index (χ2v) is 7.20. The van der Waals surface area contributed by atoms with Crippen LogP contribution in [0.2, 0.25) is 0 Å². The van der Waals surface area contributed by atoms with Crippen molar-refractivity contribution in [2.75, 3.05) is 0 Å². The third-order valence-corrected chi connectivity index (χ3v) is 3.52. The van der Waals surface area contributed by atoms with Gasteiger partial charge in [-0.3, -0.25) is 0 Å². The number of pyridine rings is 1. The van der Waals surface area contributed by atoms with Crippen molar-refractivity contribution in [2.45, 2.75) is 58.0 Å². The van der Waals surface area contributed by atoms with E-state index < -0.39 is 35.4 Å². The predicted octanol–water partition coefficient (Wildman–Crippen LogP) is 1.88. The van der Waals surface area contributed by atoms with Crippen molar-refractivity contribution in [3.8, 4) is 5.88 Å². The summed E-state index contributed by atoms with van der Waals surface area (Å²) in [6, 6.07) is 0.413. The van der Waals surface area contributed by atoms with Crippen LogP contribution in [0.1, 0.15) is 56.6 Å². The molecule has 132 valence electrons. The van der Waals surface area contributed by atoms with Crippen molar-refractivity contribution in [1.82, 2.24) is 10.3 Å². The van der Waals surface area contributed by atoms with Crippen LogP contribution in [0.3, 0.4) is 0 Å². The number of aliphatic hydroxyl groups is 1. The Bertz CT molecular complexity index is 665. The summed E-state index contributed by atoms with van der Waals surface area (Å²) in [4.78, 5) is 27.2. The Labute approximate surface area is 139 Å². The van der Waals surface area contributed by atoms with E-state index in [0.717, 1.165) is 0 Å². The number of amides is 1. The smallest absolute Gasteiger partial charge is 0.408 e. The third kappa shape index (κ3) is 3.76. The molecule has 1 amide bonds. The summed E-state index contributed by atoms with van der Waals surface area (Å²) in [7, 11) is 0. The fraction of sp³-hybridized carbons (Fsp3) is 0.562. The number of hydrogen-bond donors (Lipinski definition) is 3. The highest BCUT2D eigenvalue weighted by atomic mass is 16.6. The average molecular weight is 338 g/mol. The Hall–Kier alpha value is -2.35. The molecule has 2 rings (SSSR count). The minimum Gasteiger partial charge on any atom is -0.478 e. The number of aromatic carboxylic acids is 1. The number of aliphatic hydroxyl groups excluding tert-OH is 1. The van der Waals surface area contributed by atoms with Gasteiger partial charge in [-0.15, -0.1) is 0 Å².